The minimum Gasteiger partial charge on any atom is -0.481 e. The van der Waals surface area contributed by atoms with E-state index < -0.39 is 17.0 Å². The van der Waals surface area contributed by atoms with Crippen LogP contribution in [0.15, 0.2) is 53.4 Å². The van der Waals surface area contributed by atoms with Gasteiger partial charge < -0.3 is 14.7 Å². The Morgan fingerprint density at radius 3 is 2.34 bits per heavy atom. The number of nitrogens with zero attached hydrogens (tertiary/aromatic N) is 2. The molecule has 2 heterocycles. The van der Waals surface area contributed by atoms with Crippen molar-refractivity contribution in [3.63, 3.8) is 0 Å². The molecule has 0 amide bonds. The number of fused-ring (bicyclic) bond motifs is 1. The number of hydrogen-bond acceptors (Lipinski definition) is 4. The number of ether oxygens (including phenoxy) is 1. The van der Waals surface area contributed by atoms with E-state index in [9.17, 15) is 14.1 Å². The number of carboxylic acid groups (broad SMARTS) is 1. The third-order valence-corrected chi connectivity index (χ3v) is 6.66. The number of rotatable bonds is 4. The molecule has 29 heavy (non-hydrogen) atoms. The van der Waals surface area contributed by atoms with Crippen molar-refractivity contribution in [3.05, 3.63) is 54.1 Å². The first-order valence-corrected chi connectivity index (χ1v) is 11.2. The zero-order valence-electron chi connectivity index (χ0n) is 16.9. The van der Waals surface area contributed by atoms with E-state index in [1.165, 1.54) is 0 Å². The third-order valence-electron chi connectivity index (χ3n) is 5.02. The minimum atomic E-state index is -1.43. The summed E-state index contributed by atoms with van der Waals surface area (Å²) in [5.41, 5.74) is 2.84. The van der Waals surface area contributed by atoms with Crippen molar-refractivity contribution in [1.82, 2.24) is 0 Å². The van der Waals surface area contributed by atoms with Gasteiger partial charge in [0.15, 0.2) is 11.0 Å². The summed E-state index contributed by atoms with van der Waals surface area (Å²) in [4.78, 5) is 14.4. The molecule has 2 aliphatic heterocycles. The zero-order chi connectivity index (χ0) is 20.8. The fourth-order valence-electron chi connectivity index (χ4n) is 3.72. The second-order valence-corrected chi connectivity index (χ2v) is 8.09. The van der Waals surface area contributed by atoms with Crippen LogP contribution in [0.4, 0.5) is 11.4 Å². The highest BCUT2D eigenvalue weighted by Crippen LogP contribution is 2.34. The largest absolute Gasteiger partial charge is 0.481 e. The molecule has 1 saturated heterocycles. The van der Waals surface area contributed by atoms with Crippen LogP contribution in [0.1, 0.15) is 25.8 Å². The quantitative estimate of drug-likeness (QED) is 0.826. The van der Waals surface area contributed by atoms with Crippen LogP contribution < -0.4 is 9.21 Å². The van der Waals surface area contributed by atoms with Gasteiger partial charge in [0.1, 0.15) is 0 Å². The molecule has 0 aliphatic carbocycles. The Bertz CT molecular complexity index is 850. The third kappa shape index (κ3) is 4.79. The maximum absolute atomic E-state index is 13.2. The molecule has 0 bridgehead atoms. The Morgan fingerprint density at radius 1 is 1.07 bits per heavy atom. The number of hydrogen-bond donors (Lipinski definition) is 1. The Hall–Kier alpha value is -2.38. The molecular formula is C22H28N2O4S. The Morgan fingerprint density at radius 2 is 1.69 bits per heavy atom. The van der Waals surface area contributed by atoms with Crippen LogP contribution >= 0.6 is 0 Å². The van der Waals surface area contributed by atoms with Crippen LogP contribution in [-0.4, -0.2) is 47.6 Å². The molecule has 0 spiro atoms. The van der Waals surface area contributed by atoms with Crippen LogP contribution in [0.3, 0.4) is 0 Å². The first-order chi connectivity index (χ1) is 14.1. The maximum atomic E-state index is 13.2. The zero-order valence-corrected chi connectivity index (χ0v) is 17.7. The molecule has 7 heteroatoms. The summed E-state index contributed by atoms with van der Waals surface area (Å²) in [5, 5.41) is 9.33. The average Bonchev–Trinajstić information content (AvgIpc) is 2.76. The van der Waals surface area contributed by atoms with Gasteiger partial charge in [-0.2, -0.15) is 0 Å². The van der Waals surface area contributed by atoms with Crippen LogP contribution in [0.5, 0.6) is 0 Å². The number of carbonyl (C=O) groups is 1. The molecular weight excluding hydrogens is 388 g/mol. The summed E-state index contributed by atoms with van der Waals surface area (Å²) < 4.78 is 20.4. The second-order valence-electron chi connectivity index (χ2n) is 6.75. The van der Waals surface area contributed by atoms with Gasteiger partial charge in [0.25, 0.3) is 0 Å². The minimum absolute atomic E-state index is 0.0503. The number of aliphatic carboxylic acids is 1. The lowest BCUT2D eigenvalue weighted by molar-refractivity contribution is -0.137. The molecule has 4 rings (SSSR count). The van der Waals surface area contributed by atoms with Gasteiger partial charge in [-0.05, 0) is 42.3 Å². The van der Waals surface area contributed by atoms with E-state index in [1.54, 1.807) is 4.31 Å². The Kier molecular flexibility index (Phi) is 7.28. The number of carboxylic acids is 1. The summed E-state index contributed by atoms with van der Waals surface area (Å²) in [6.07, 6.45) is 0.519. The summed E-state index contributed by atoms with van der Waals surface area (Å²) in [6.45, 7) is 7.14. The van der Waals surface area contributed by atoms with Gasteiger partial charge >= 0.3 is 5.97 Å². The molecule has 1 N–H and O–H groups in total. The first kappa shape index (κ1) is 21.3. The highest BCUT2D eigenvalue weighted by Gasteiger charge is 2.33. The van der Waals surface area contributed by atoms with Crippen LogP contribution in [-0.2, 0) is 26.9 Å². The Balaban J connectivity index is 0.00000117. The molecule has 6 nitrogen and oxygen atoms in total. The van der Waals surface area contributed by atoms with E-state index in [0.717, 1.165) is 48.1 Å². The van der Waals surface area contributed by atoms with E-state index in [0.29, 0.717) is 6.42 Å². The Labute approximate surface area is 174 Å². The monoisotopic (exact) mass is 416 g/mol. The van der Waals surface area contributed by atoms with E-state index in [2.05, 4.69) is 4.90 Å². The predicted molar refractivity (Wildman–Crippen MR) is 116 cm³/mol. The van der Waals surface area contributed by atoms with Gasteiger partial charge in [0.05, 0.1) is 36.3 Å². The SMILES string of the molecule is CC.O=C(O)CC1Cc2ccccc2S(=O)N1c1ccc(N2CCOCC2)cc1. The lowest BCUT2D eigenvalue weighted by Crippen LogP contribution is -2.43. The van der Waals surface area contributed by atoms with E-state index in [-0.39, 0.29) is 12.5 Å². The first-order valence-electron chi connectivity index (χ1n) is 10.1. The van der Waals surface area contributed by atoms with E-state index in [4.69, 9.17) is 4.74 Å². The molecule has 0 saturated carbocycles. The van der Waals surface area contributed by atoms with Gasteiger partial charge in [-0.3, -0.25) is 9.10 Å². The fourth-order valence-corrected chi connectivity index (χ4v) is 5.23. The smallest absolute Gasteiger partial charge is 0.305 e. The van der Waals surface area contributed by atoms with Gasteiger partial charge in [-0.1, -0.05) is 32.0 Å². The maximum Gasteiger partial charge on any atom is 0.305 e. The molecule has 156 valence electrons. The number of morpholine rings is 1. The van der Waals surface area contributed by atoms with Gasteiger partial charge in [0, 0.05) is 18.8 Å². The number of anilines is 2. The number of benzene rings is 2. The fraction of sp³-hybridized carbons (Fsp3) is 0.409. The van der Waals surface area contributed by atoms with Gasteiger partial charge in [-0.25, -0.2) is 4.21 Å². The lowest BCUT2D eigenvalue weighted by Gasteiger charge is -2.36. The van der Waals surface area contributed by atoms with Crippen molar-refractivity contribution in [2.75, 3.05) is 35.5 Å². The van der Waals surface area contributed by atoms with Crippen molar-refractivity contribution in [1.29, 1.82) is 0 Å². The second kappa shape index (κ2) is 9.89. The van der Waals surface area contributed by atoms with Crippen molar-refractivity contribution < 1.29 is 18.8 Å². The predicted octanol–water partition coefficient (Wildman–Crippen LogP) is 3.48. The molecule has 1 fully saturated rings. The summed E-state index contributed by atoms with van der Waals surface area (Å²) in [6, 6.07) is 15.1. The molecule has 0 aromatic heterocycles. The molecule has 2 unspecified atom stereocenters. The van der Waals surface area contributed by atoms with Gasteiger partial charge in [0.2, 0.25) is 0 Å². The molecule has 2 aliphatic rings. The molecule has 2 aromatic carbocycles. The van der Waals surface area contributed by atoms with Crippen LogP contribution in [0.25, 0.3) is 0 Å². The van der Waals surface area contributed by atoms with Crippen LogP contribution in [0.2, 0.25) is 0 Å². The summed E-state index contributed by atoms with van der Waals surface area (Å²) in [5.74, 6) is -0.883. The standard InChI is InChI=1S/C20H22N2O4S.C2H6/c23-20(24)14-18-13-15-3-1-2-4-19(15)27(25)22(18)17-7-5-16(6-8-17)21-9-11-26-12-10-21;1-2/h1-8,18H,9-14H2,(H,23,24);1-2H3. The van der Waals surface area contributed by atoms with Crippen molar-refractivity contribution in [2.24, 2.45) is 0 Å². The molecule has 0 radical (unpaired) electrons. The highest BCUT2D eigenvalue weighted by atomic mass is 32.2. The topological polar surface area (TPSA) is 70.1 Å². The summed E-state index contributed by atoms with van der Waals surface area (Å²) >= 11 is 0. The van der Waals surface area contributed by atoms with Gasteiger partial charge in [-0.15, -0.1) is 0 Å². The molecule has 2 aromatic rings. The van der Waals surface area contributed by atoms with Crippen LogP contribution in [0, 0.1) is 0 Å². The van der Waals surface area contributed by atoms with E-state index in [1.807, 2.05) is 62.4 Å². The van der Waals surface area contributed by atoms with Crippen molar-refractivity contribution >= 4 is 28.3 Å². The molecule has 2 atom stereocenters. The van der Waals surface area contributed by atoms with Crippen molar-refractivity contribution in [2.45, 2.75) is 37.6 Å². The average molecular weight is 417 g/mol. The summed E-state index contributed by atoms with van der Waals surface area (Å²) in [7, 11) is -1.43. The lowest BCUT2D eigenvalue weighted by atomic mass is 10.0. The van der Waals surface area contributed by atoms with Crippen molar-refractivity contribution in [3.8, 4) is 0 Å². The van der Waals surface area contributed by atoms with E-state index >= 15 is 0 Å². The highest BCUT2D eigenvalue weighted by molar-refractivity contribution is 7.86. The normalized spacial score (nSPS) is 21.0.